The van der Waals surface area contributed by atoms with Crippen molar-refractivity contribution in [3.63, 3.8) is 0 Å². The van der Waals surface area contributed by atoms with Gasteiger partial charge < -0.3 is 10.1 Å². The summed E-state index contributed by atoms with van der Waals surface area (Å²) in [7, 11) is 0. The van der Waals surface area contributed by atoms with Crippen molar-refractivity contribution >= 4 is 51.1 Å². The minimum absolute atomic E-state index is 0.216. The molecule has 1 amide bonds. The van der Waals surface area contributed by atoms with Crippen molar-refractivity contribution in [2.45, 2.75) is 13.0 Å². The summed E-state index contributed by atoms with van der Waals surface area (Å²) in [6, 6.07) is 14.7. The molecular weight excluding hydrogens is 384 g/mol. The van der Waals surface area contributed by atoms with Gasteiger partial charge in [-0.25, -0.2) is 9.78 Å². The lowest BCUT2D eigenvalue weighted by Gasteiger charge is -2.14. The molecule has 1 heterocycles. The molecule has 7 heteroatoms. The minimum Gasteiger partial charge on any atom is -0.452 e. The van der Waals surface area contributed by atoms with Crippen LogP contribution in [0, 0.1) is 0 Å². The Bertz CT molecular complexity index is 949. The number of para-hydroxylation sites is 1. The van der Waals surface area contributed by atoms with E-state index < -0.39 is 5.97 Å². The first-order chi connectivity index (χ1) is 13.0. The van der Waals surface area contributed by atoms with Gasteiger partial charge in [0.05, 0.1) is 16.3 Å². The molecule has 1 unspecified atom stereocenters. The second-order valence-electron chi connectivity index (χ2n) is 5.80. The number of aromatic nitrogens is 1. The second kappa shape index (κ2) is 8.79. The van der Waals surface area contributed by atoms with Gasteiger partial charge in [-0.1, -0.05) is 35.9 Å². The first-order valence-electron chi connectivity index (χ1n) is 8.26. The summed E-state index contributed by atoms with van der Waals surface area (Å²) >= 11 is 7.32. The summed E-state index contributed by atoms with van der Waals surface area (Å²) in [5.74, 6) is -0.970. The van der Waals surface area contributed by atoms with Crippen molar-refractivity contribution in [2.75, 3.05) is 6.61 Å². The van der Waals surface area contributed by atoms with Crippen molar-refractivity contribution in [3.05, 3.63) is 70.2 Å². The van der Waals surface area contributed by atoms with Crippen LogP contribution in [0.1, 0.15) is 23.5 Å². The molecule has 0 aliphatic carbocycles. The summed E-state index contributed by atoms with van der Waals surface area (Å²) in [5.41, 5.74) is 1.79. The van der Waals surface area contributed by atoms with Crippen LogP contribution in [0.4, 0.5) is 0 Å². The maximum Gasteiger partial charge on any atom is 0.331 e. The average Bonchev–Trinajstić information content (AvgIpc) is 3.08. The van der Waals surface area contributed by atoms with E-state index in [0.717, 1.165) is 15.8 Å². The highest BCUT2D eigenvalue weighted by Gasteiger charge is 2.11. The summed E-state index contributed by atoms with van der Waals surface area (Å²) in [6.45, 7) is 1.50. The van der Waals surface area contributed by atoms with Gasteiger partial charge in [0.25, 0.3) is 5.91 Å². The van der Waals surface area contributed by atoms with Crippen LogP contribution in [0.2, 0.25) is 5.02 Å². The Hall–Kier alpha value is -2.70. The monoisotopic (exact) mass is 400 g/mol. The Morgan fingerprint density at radius 3 is 2.70 bits per heavy atom. The van der Waals surface area contributed by atoms with Crippen LogP contribution < -0.4 is 5.32 Å². The summed E-state index contributed by atoms with van der Waals surface area (Å²) in [5, 5.41) is 4.10. The molecule has 5 nitrogen and oxygen atoms in total. The van der Waals surface area contributed by atoms with Gasteiger partial charge in [-0.15, -0.1) is 11.3 Å². The minimum atomic E-state index is -0.594. The highest BCUT2D eigenvalue weighted by atomic mass is 35.5. The molecule has 0 bridgehead atoms. The molecule has 0 aliphatic rings. The number of halogens is 1. The van der Waals surface area contributed by atoms with E-state index in [0.29, 0.717) is 10.0 Å². The van der Waals surface area contributed by atoms with E-state index in [2.05, 4.69) is 10.3 Å². The number of amides is 1. The van der Waals surface area contributed by atoms with E-state index in [-0.39, 0.29) is 18.6 Å². The highest BCUT2D eigenvalue weighted by molar-refractivity contribution is 7.19. The first kappa shape index (κ1) is 19.1. The van der Waals surface area contributed by atoms with Gasteiger partial charge in [-0.2, -0.15) is 0 Å². The van der Waals surface area contributed by atoms with Crippen molar-refractivity contribution in [1.29, 1.82) is 0 Å². The van der Waals surface area contributed by atoms with E-state index in [4.69, 9.17) is 16.3 Å². The zero-order chi connectivity index (χ0) is 19.2. The van der Waals surface area contributed by atoms with Gasteiger partial charge >= 0.3 is 5.97 Å². The van der Waals surface area contributed by atoms with E-state index in [1.165, 1.54) is 17.4 Å². The second-order valence-corrected chi connectivity index (χ2v) is 7.30. The lowest BCUT2D eigenvalue weighted by molar-refractivity contribution is -0.144. The Kier molecular flexibility index (Phi) is 6.21. The fourth-order valence-electron chi connectivity index (χ4n) is 2.40. The van der Waals surface area contributed by atoms with Crippen LogP contribution in [0.25, 0.3) is 16.3 Å². The van der Waals surface area contributed by atoms with Crippen molar-refractivity contribution in [1.82, 2.24) is 10.3 Å². The standard InChI is InChI=1S/C20H17ClN2O3S/c1-13(14-6-8-15(21)9-7-14)22-18(24)12-26-20(25)11-10-19-23-16-4-2-3-5-17(16)27-19/h2-11,13H,12H2,1H3,(H,22,24)/b11-10+. The molecule has 138 valence electrons. The maximum atomic E-state index is 11.9. The number of benzene rings is 2. The molecule has 3 aromatic rings. The fraction of sp³-hybridized carbons (Fsp3) is 0.150. The van der Waals surface area contributed by atoms with E-state index in [9.17, 15) is 9.59 Å². The summed E-state index contributed by atoms with van der Waals surface area (Å²) < 4.78 is 6.02. The molecular formula is C20H17ClN2O3S. The number of thiazole rings is 1. The van der Waals surface area contributed by atoms with Crippen molar-refractivity contribution in [3.8, 4) is 0 Å². The van der Waals surface area contributed by atoms with Crippen LogP contribution in [-0.2, 0) is 14.3 Å². The Balaban J connectivity index is 1.48. The van der Waals surface area contributed by atoms with E-state index in [1.807, 2.05) is 43.3 Å². The maximum absolute atomic E-state index is 11.9. The zero-order valence-corrected chi connectivity index (χ0v) is 16.1. The van der Waals surface area contributed by atoms with E-state index in [1.54, 1.807) is 18.2 Å². The molecule has 0 saturated heterocycles. The molecule has 0 saturated carbocycles. The third-order valence-electron chi connectivity index (χ3n) is 3.77. The smallest absolute Gasteiger partial charge is 0.331 e. The van der Waals surface area contributed by atoms with Crippen LogP contribution in [0.15, 0.2) is 54.6 Å². The predicted octanol–water partition coefficient (Wildman–Crippen LogP) is 4.38. The number of esters is 1. The number of nitrogens with one attached hydrogen (secondary N) is 1. The SMILES string of the molecule is CC(NC(=O)COC(=O)/C=C/c1nc2ccccc2s1)c1ccc(Cl)cc1. The molecule has 27 heavy (non-hydrogen) atoms. The Labute approximate surface area is 165 Å². The quantitative estimate of drug-likeness (QED) is 0.492. The third kappa shape index (κ3) is 5.39. The lowest BCUT2D eigenvalue weighted by Crippen LogP contribution is -2.30. The van der Waals surface area contributed by atoms with Gasteiger partial charge in [0, 0.05) is 11.1 Å². The van der Waals surface area contributed by atoms with E-state index >= 15 is 0 Å². The van der Waals surface area contributed by atoms with Crippen LogP contribution >= 0.6 is 22.9 Å². The Morgan fingerprint density at radius 1 is 1.22 bits per heavy atom. The number of hydrogen-bond acceptors (Lipinski definition) is 5. The number of nitrogens with zero attached hydrogens (tertiary/aromatic N) is 1. The van der Waals surface area contributed by atoms with Gasteiger partial charge in [-0.05, 0) is 42.8 Å². The van der Waals surface area contributed by atoms with Crippen LogP contribution in [0.3, 0.4) is 0 Å². The van der Waals surface area contributed by atoms with Crippen LogP contribution in [-0.4, -0.2) is 23.5 Å². The number of rotatable bonds is 6. The number of fused-ring (bicyclic) bond motifs is 1. The first-order valence-corrected chi connectivity index (χ1v) is 9.46. The highest BCUT2D eigenvalue weighted by Crippen LogP contribution is 2.22. The average molecular weight is 401 g/mol. The normalized spacial score (nSPS) is 12.2. The molecule has 3 rings (SSSR count). The molecule has 0 fully saturated rings. The number of ether oxygens (including phenoxy) is 1. The van der Waals surface area contributed by atoms with Gasteiger partial charge in [-0.3, -0.25) is 4.79 Å². The molecule has 1 atom stereocenters. The number of carbonyl (C=O) groups is 2. The fourth-order valence-corrected chi connectivity index (χ4v) is 3.40. The van der Waals surface area contributed by atoms with Gasteiger partial charge in [0.2, 0.25) is 0 Å². The van der Waals surface area contributed by atoms with Crippen molar-refractivity contribution in [2.24, 2.45) is 0 Å². The lowest BCUT2D eigenvalue weighted by atomic mass is 10.1. The Morgan fingerprint density at radius 2 is 1.96 bits per heavy atom. The third-order valence-corrected chi connectivity index (χ3v) is 5.02. The zero-order valence-electron chi connectivity index (χ0n) is 14.5. The van der Waals surface area contributed by atoms with Crippen LogP contribution in [0.5, 0.6) is 0 Å². The number of carbonyl (C=O) groups excluding carboxylic acids is 2. The molecule has 0 radical (unpaired) electrons. The topological polar surface area (TPSA) is 68.3 Å². The molecule has 0 aliphatic heterocycles. The van der Waals surface area contributed by atoms with Gasteiger partial charge in [0.1, 0.15) is 5.01 Å². The molecule has 0 spiro atoms. The predicted molar refractivity (Wildman–Crippen MR) is 108 cm³/mol. The molecule has 1 N–H and O–H groups in total. The molecule has 2 aromatic carbocycles. The summed E-state index contributed by atoms with van der Waals surface area (Å²) in [6.07, 6.45) is 2.86. The number of hydrogen-bond donors (Lipinski definition) is 1. The summed E-state index contributed by atoms with van der Waals surface area (Å²) in [4.78, 5) is 28.1. The molecule has 1 aromatic heterocycles. The van der Waals surface area contributed by atoms with Gasteiger partial charge in [0.15, 0.2) is 6.61 Å². The van der Waals surface area contributed by atoms with Crippen molar-refractivity contribution < 1.29 is 14.3 Å². The largest absolute Gasteiger partial charge is 0.452 e.